The molecule has 0 saturated carbocycles. The van der Waals surface area contributed by atoms with E-state index in [1.165, 1.54) is 0 Å². The van der Waals surface area contributed by atoms with E-state index < -0.39 is 0 Å². The number of rotatable bonds is 4. The quantitative estimate of drug-likeness (QED) is 0.830. The zero-order valence-electron chi connectivity index (χ0n) is 11.3. The Bertz CT molecular complexity index is 644. The van der Waals surface area contributed by atoms with Gasteiger partial charge < -0.3 is 10.5 Å². The minimum absolute atomic E-state index is 0.226. The standard InChI is InChI=1S/C15H15BrN2OS/c1-9(2)11-8-10(16)5-6-12(11)19-13-4-3-7-18-14(13)15(17)20/h3-9H,1-2H3,(H2,17,20). The molecule has 0 aliphatic carbocycles. The van der Waals surface area contributed by atoms with E-state index in [9.17, 15) is 0 Å². The van der Waals surface area contributed by atoms with E-state index in [2.05, 4.69) is 40.8 Å². The maximum atomic E-state index is 5.97. The van der Waals surface area contributed by atoms with Crippen LogP contribution in [0, 0.1) is 0 Å². The van der Waals surface area contributed by atoms with Crippen LogP contribution in [0.1, 0.15) is 31.0 Å². The highest BCUT2D eigenvalue weighted by Crippen LogP contribution is 2.33. The SMILES string of the molecule is CC(C)c1cc(Br)ccc1Oc1cccnc1C(N)=S. The van der Waals surface area contributed by atoms with Crippen molar-refractivity contribution < 1.29 is 4.74 Å². The Hall–Kier alpha value is -1.46. The summed E-state index contributed by atoms with van der Waals surface area (Å²) in [5.41, 5.74) is 7.28. The Morgan fingerprint density at radius 3 is 2.70 bits per heavy atom. The number of pyridine rings is 1. The molecule has 104 valence electrons. The summed E-state index contributed by atoms with van der Waals surface area (Å²) in [5.74, 6) is 1.70. The molecule has 0 fully saturated rings. The average molecular weight is 351 g/mol. The summed E-state index contributed by atoms with van der Waals surface area (Å²) < 4.78 is 6.99. The molecule has 1 aromatic heterocycles. The number of aromatic nitrogens is 1. The highest BCUT2D eigenvalue weighted by atomic mass is 79.9. The first-order chi connectivity index (χ1) is 9.49. The van der Waals surface area contributed by atoms with Crippen LogP contribution in [0.15, 0.2) is 41.0 Å². The summed E-state index contributed by atoms with van der Waals surface area (Å²) >= 11 is 8.48. The van der Waals surface area contributed by atoms with Crippen molar-refractivity contribution in [1.29, 1.82) is 0 Å². The number of benzene rings is 1. The zero-order valence-corrected chi connectivity index (χ0v) is 13.7. The summed E-state index contributed by atoms with van der Waals surface area (Å²) in [6.07, 6.45) is 1.65. The molecule has 0 amide bonds. The number of hydrogen-bond acceptors (Lipinski definition) is 3. The van der Waals surface area contributed by atoms with Gasteiger partial charge in [0, 0.05) is 10.7 Å². The number of nitrogens with two attached hydrogens (primary N) is 1. The van der Waals surface area contributed by atoms with Gasteiger partial charge in [-0.15, -0.1) is 0 Å². The number of nitrogens with zero attached hydrogens (tertiary/aromatic N) is 1. The van der Waals surface area contributed by atoms with E-state index in [1.807, 2.05) is 18.2 Å². The average Bonchev–Trinajstić information content (AvgIpc) is 2.41. The molecule has 0 unspecified atom stereocenters. The lowest BCUT2D eigenvalue weighted by Gasteiger charge is -2.15. The lowest BCUT2D eigenvalue weighted by atomic mass is 10.0. The predicted octanol–water partition coefficient (Wildman–Crippen LogP) is 4.39. The largest absolute Gasteiger partial charge is 0.455 e. The predicted molar refractivity (Wildman–Crippen MR) is 88.4 cm³/mol. The second kappa shape index (κ2) is 6.33. The number of halogens is 1. The molecule has 3 nitrogen and oxygen atoms in total. The molecular formula is C15H15BrN2OS. The molecule has 2 aromatic rings. The molecule has 1 aromatic carbocycles. The fourth-order valence-electron chi connectivity index (χ4n) is 1.84. The van der Waals surface area contributed by atoms with Gasteiger partial charge in [-0.05, 0) is 41.8 Å². The Kier molecular flexibility index (Phi) is 4.73. The first kappa shape index (κ1) is 14.9. The van der Waals surface area contributed by atoms with E-state index in [4.69, 9.17) is 22.7 Å². The van der Waals surface area contributed by atoms with E-state index in [-0.39, 0.29) is 4.99 Å². The molecule has 1 heterocycles. The van der Waals surface area contributed by atoms with Crippen molar-refractivity contribution in [3.8, 4) is 11.5 Å². The molecule has 0 radical (unpaired) electrons. The molecule has 0 aliphatic rings. The highest BCUT2D eigenvalue weighted by molar-refractivity contribution is 9.10. The summed E-state index contributed by atoms with van der Waals surface area (Å²) in [5, 5.41) is 0. The summed E-state index contributed by atoms with van der Waals surface area (Å²) in [6.45, 7) is 4.23. The van der Waals surface area contributed by atoms with Crippen LogP contribution < -0.4 is 10.5 Å². The fraction of sp³-hybridized carbons (Fsp3) is 0.200. The zero-order chi connectivity index (χ0) is 14.7. The summed E-state index contributed by atoms with van der Waals surface area (Å²) in [7, 11) is 0. The van der Waals surface area contributed by atoms with Crippen LogP contribution in [0.4, 0.5) is 0 Å². The minimum Gasteiger partial charge on any atom is -0.455 e. The van der Waals surface area contributed by atoms with E-state index in [0.717, 1.165) is 15.8 Å². The molecule has 0 spiro atoms. The third-order valence-corrected chi connectivity index (χ3v) is 3.50. The molecular weight excluding hydrogens is 336 g/mol. The lowest BCUT2D eigenvalue weighted by molar-refractivity contribution is 0.469. The van der Waals surface area contributed by atoms with Crippen molar-refractivity contribution in [3.05, 3.63) is 52.3 Å². The van der Waals surface area contributed by atoms with Gasteiger partial charge in [0.25, 0.3) is 0 Å². The number of thiocarbonyl (C=S) groups is 1. The Balaban J connectivity index is 2.43. The van der Waals surface area contributed by atoms with Crippen LogP contribution in [0.5, 0.6) is 11.5 Å². The highest BCUT2D eigenvalue weighted by Gasteiger charge is 2.13. The topological polar surface area (TPSA) is 48.1 Å². The van der Waals surface area contributed by atoms with Crippen LogP contribution >= 0.6 is 28.1 Å². The second-order valence-corrected chi connectivity index (χ2v) is 6.01. The van der Waals surface area contributed by atoms with E-state index in [0.29, 0.717) is 17.4 Å². The van der Waals surface area contributed by atoms with Crippen LogP contribution in [-0.2, 0) is 0 Å². The molecule has 2 N–H and O–H groups in total. The van der Waals surface area contributed by atoms with Gasteiger partial charge in [0.2, 0.25) is 0 Å². The molecule has 0 atom stereocenters. The third-order valence-electron chi connectivity index (χ3n) is 2.82. The van der Waals surface area contributed by atoms with Crippen molar-refractivity contribution in [3.63, 3.8) is 0 Å². The smallest absolute Gasteiger partial charge is 0.156 e. The van der Waals surface area contributed by atoms with Gasteiger partial charge in [0.05, 0.1) is 0 Å². The maximum Gasteiger partial charge on any atom is 0.156 e. The van der Waals surface area contributed by atoms with Crippen molar-refractivity contribution in [2.45, 2.75) is 19.8 Å². The molecule has 2 rings (SSSR count). The van der Waals surface area contributed by atoms with E-state index >= 15 is 0 Å². The normalized spacial score (nSPS) is 10.6. The van der Waals surface area contributed by atoms with Crippen molar-refractivity contribution in [2.24, 2.45) is 5.73 Å². The Morgan fingerprint density at radius 1 is 1.30 bits per heavy atom. The third kappa shape index (κ3) is 3.35. The van der Waals surface area contributed by atoms with Crippen LogP contribution in [0.2, 0.25) is 0 Å². The molecule has 0 aliphatic heterocycles. The lowest BCUT2D eigenvalue weighted by Crippen LogP contribution is -2.12. The first-order valence-corrected chi connectivity index (χ1v) is 7.41. The van der Waals surface area contributed by atoms with Gasteiger partial charge in [-0.25, -0.2) is 4.98 Å². The fourth-order valence-corrected chi connectivity index (χ4v) is 2.37. The summed E-state index contributed by atoms with van der Waals surface area (Å²) in [6, 6.07) is 9.53. The maximum absolute atomic E-state index is 5.97. The Morgan fingerprint density at radius 2 is 2.05 bits per heavy atom. The number of ether oxygens (including phenoxy) is 1. The van der Waals surface area contributed by atoms with Crippen LogP contribution in [-0.4, -0.2) is 9.97 Å². The minimum atomic E-state index is 0.226. The van der Waals surface area contributed by atoms with Crippen molar-refractivity contribution in [2.75, 3.05) is 0 Å². The van der Waals surface area contributed by atoms with Crippen LogP contribution in [0.25, 0.3) is 0 Å². The Labute approximate surface area is 132 Å². The van der Waals surface area contributed by atoms with Gasteiger partial charge in [0.1, 0.15) is 16.4 Å². The number of hydrogen-bond donors (Lipinski definition) is 1. The van der Waals surface area contributed by atoms with Gasteiger partial charge in [-0.1, -0.05) is 42.0 Å². The van der Waals surface area contributed by atoms with Gasteiger partial charge >= 0.3 is 0 Å². The van der Waals surface area contributed by atoms with Gasteiger partial charge in [0.15, 0.2) is 5.75 Å². The molecule has 0 saturated heterocycles. The first-order valence-electron chi connectivity index (χ1n) is 6.21. The molecule has 20 heavy (non-hydrogen) atoms. The van der Waals surface area contributed by atoms with Crippen LogP contribution in [0.3, 0.4) is 0 Å². The molecule has 5 heteroatoms. The van der Waals surface area contributed by atoms with Gasteiger partial charge in [-0.2, -0.15) is 0 Å². The van der Waals surface area contributed by atoms with Gasteiger partial charge in [-0.3, -0.25) is 0 Å². The van der Waals surface area contributed by atoms with Crippen molar-refractivity contribution >= 4 is 33.1 Å². The molecule has 0 bridgehead atoms. The summed E-state index contributed by atoms with van der Waals surface area (Å²) in [4.78, 5) is 4.39. The van der Waals surface area contributed by atoms with E-state index in [1.54, 1.807) is 12.3 Å². The monoisotopic (exact) mass is 350 g/mol. The second-order valence-electron chi connectivity index (χ2n) is 4.65. The van der Waals surface area contributed by atoms with Crippen molar-refractivity contribution in [1.82, 2.24) is 4.98 Å².